The number of hydrogen-bond donors (Lipinski definition) is 1. The fourth-order valence-electron chi connectivity index (χ4n) is 3.98. The first-order valence-corrected chi connectivity index (χ1v) is 11.4. The van der Waals surface area contributed by atoms with Crippen LogP contribution in [0.5, 0.6) is 0 Å². The van der Waals surface area contributed by atoms with Gasteiger partial charge >= 0.3 is 5.97 Å². The van der Waals surface area contributed by atoms with Gasteiger partial charge in [-0.25, -0.2) is 0 Å². The summed E-state index contributed by atoms with van der Waals surface area (Å²) >= 11 is 0. The van der Waals surface area contributed by atoms with Crippen molar-refractivity contribution in [3.05, 3.63) is 0 Å². The van der Waals surface area contributed by atoms with Crippen molar-refractivity contribution < 1.29 is 9.90 Å². The lowest BCUT2D eigenvalue weighted by molar-refractivity contribution is -0.150. The molecular formula is C23H46O2. The highest BCUT2D eigenvalue weighted by atomic mass is 16.4. The van der Waals surface area contributed by atoms with Gasteiger partial charge < -0.3 is 5.11 Å². The lowest BCUT2D eigenvalue weighted by Gasteiger charge is -2.27. The number of carboxylic acid groups (broad SMARTS) is 1. The molecule has 0 bridgehead atoms. The third-order valence-electron chi connectivity index (χ3n) is 5.87. The third kappa shape index (κ3) is 12.5. The van der Waals surface area contributed by atoms with Crippen LogP contribution in [0.3, 0.4) is 0 Å². The van der Waals surface area contributed by atoms with E-state index in [9.17, 15) is 9.90 Å². The van der Waals surface area contributed by atoms with Crippen LogP contribution in [0.15, 0.2) is 0 Å². The van der Waals surface area contributed by atoms with Crippen LogP contribution < -0.4 is 0 Å². The Morgan fingerprint density at radius 2 is 1.00 bits per heavy atom. The van der Waals surface area contributed by atoms with Crippen molar-refractivity contribution in [3.63, 3.8) is 0 Å². The number of carboxylic acids is 1. The van der Waals surface area contributed by atoms with Crippen LogP contribution in [0.1, 0.15) is 136 Å². The minimum atomic E-state index is -0.577. The topological polar surface area (TPSA) is 37.3 Å². The summed E-state index contributed by atoms with van der Waals surface area (Å²) in [6.07, 6.45) is 22.4. The highest BCUT2D eigenvalue weighted by molar-refractivity contribution is 5.74. The normalized spacial score (nSPS) is 13.7. The molecule has 150 valence electrons. The molecular weight excluding hydrogens is 308 g/mol. The van der Waals surface area contributed by atoms with Crippen LogP contribution in [0.25, 0.3) is 0 Å². The summed E-state index contributed by atoms with van der Waals surface area (Å²) in [5.74, 6) is -0.577. The number of aliphatic carboxylic acids is 1. The molecule has 0 saturated heterocycles. The standard InChI is InChI=1S/C23H46O2/c1-4-7-8-9-10-11-12-13-14-15-16-17-18-19-21-23(6-3,20-5-2)22(24)25/h4-21H2,1-3H3,(H,24,25). The number of hydrogen-bond acceptors (Lipinski definition) is 1. The molecule has 0 aliphatic heterocycles. The molecule has 0 aromatic heterocycles. The fourth-order valence-corrected chi connectivity index (χ4v) is 3.98. The number of unbranched alkanes of at least 4 members (excludes halogenated alkanes) is 13. The van der Waals surface area contributed by atoms with Gasteiger partial charge in [-0.1, -0.05) is 117 Å². The maximum atomic E-state index is 11.6. The zero-order chi connectivity index (χ0) is 18.8. The molecule has 0 rings (SSSR count). The molecule has 0 heterocycles. The smallest absolute Gasteiger partial charge is 0.309 e. The second kappa shape index (κ2) is 16.9. The van der Waals surface area contributed by atoms with Gasteiger partial charge in [0.05, 0.1) is 5.41 Å². The van der Waals surface area contributed by atoms with Gasteiger partial charge in [0.25, 0.3) is 0 Å². The second-order valence-corrected chi connectivity index (χ2v) is 8.04. The molecule has 1 N–H and O–H groups in total. The van der Waals surface area contributed by atoms with Crippen molar-refractivity contribution in [2.75, 3.05) is 0 Å². The van der Waals surface area contributed by atoms with Crippen LogP contribution in [0, 0.1) is 5.41 Å². The maximum absolute atomic E-state index is 11.6. The van der Waals surface area contributed by atoms with E-state index in [1.165, 1.54) is 83.5 Å². The molecule has 0 aliphatic carbocycles. The van der Waals surface area contributed by atoms with Crippen molar-refractivity contribution >= 4 is 5.97 Å². The van der Waals surface area contributed by atoms with Gasteiger partial charge in [0.1, 0.15) is 0 Å². The molecule has 0 amide bonds. The van der Waals surface area contributed by atoms with Gasteiger partial charge in [0, 0.05) is 0 Å². The molecule has 0 spiro atoms. The van der Waals surface area contributed by atoms with Crippen LogP contribution in [0.4, 0.5) is 0 Å². The van der Waals surface area contributed by atoms with E-state index in [4.69, 9.17) is 0 Å². The maximum Gasteiger partial charge on any atom is 0.309 e. The lowest BCUT2D eigenvalue weighted by Crippen LogP contribution is -2.30. The minimum absolute atomic E-state index is 0.453. The zero-order valence-corrected chi connectivity index (χ0v) is 17.6. The Morgan fingerprint density at radius 3 is 1.32 bits per heavy atom. The first kappa shape index (κ1) is 24.5. The molecule has 2 heteroatoms. The fraction of sp³-hybridized carbons (Fsp3) is 0.957. The van der Waals surface area contributed by atoms with E-state index >= 15 is 0 Å². The van der Waals surface area contributed by atoms with Crippen LogP contribution >= 0.6 is 0 Å². The quantitative estimate of drug-likeness (QED) is 0.238. The zero-order valence-electron chi connectivity index (χ0n) is 17.6. The summed E-state index contributed by atoms with van der Waals surface area (Å²) in [7, 11) is 0. The minimum Gasteiger partial charge on any atom is -0.481 e. The predicted octanol–water partition coefficient (Wildman–Crippen LogP) is 8.14. The van der Waals surface area contributed by atoms with Gasteiger partial charge in [0.2, 0.25) is 0 Å². The van der Waals surface area contributed by atoms with Crippen molar-refractivity contribution in [2.24, 2.45) is 5.41 Å². The molecule has 0 fully saturated rings. The molecule has 0 aromatic rings. The van der Waals surface area contributed by atoms with Crippen molar-refractivity contribution in [3.8, 4) is 0 Å². The van der Waals surface area contributed by atoms with Crippen LogP contribution in [0.2, 0.25) is 0 Å². The molecule has 2 nitrogen and oxygen atoms in total. The predicted molar refractivity (Wildman–Crippen MR) is 110 cm³/mol. The summed E-state index contributed by atoms with van der Waals surface area (Å²) in [6.45, 7) is 6.41. The van der Waals surface area contributed by atoms with Crippen LogP contribution in [-0.2, 0) is 4.79 Å². The van der Waals surface area contributed by atoms with Gasteiger partial charge in [-0.3, -0.25) is 4.79 Å². The largest absolute Gasteiger partial charge is 0.481 e. The van der Waals surface area contributed by atoms with Gasteiger partial charge in [-0.05, 0) is 19.3 Å². The number of rotatable bonds is 19. The van der Waals surface area contributed by atoms with Crippen molar-refractivity contribution in [2.45, 2.75) is 136 Å². The summed E-state index contributed by atoms with van der Waals surface area (Å²) in [5, 5.41) is 9.56. The molecule has 25 heavy (non-hydrogen) atoms. The van der Waals surface area contributed by atoms with E-state index < -0.39 is 11.4 Å². The average Bonchev–Trinajstić information content (AvgIpc) is 2.60. The highest BCUT2D eigenvalue weighted by Crippen LogP contribution is 2.34. The number of carbonyl (C=O) groups is 1. The molecule has 0 aromatic carbocycles. The lowest BCUT2D eigenvalue weighted by atomic mass is 9.76. The second-order valence-electron chi connectivity index (χ2n) is 8.04. The van der Waals surface area contributed by atoms with Crippen molar-refractivity contribution in [1.82, 2.24) is 0 Å². The summed E-state index contributed by atoms with van der Waals surface area (Å²) in [4.78, 5) is 11.6. The molecule has 0 radical (unpaired) electrons. The van der Waals surface area contributed by atoms with E-state index in [-0.39, 0.29) is 0 Å². The average molecular weight is 355 g/mol. The Hall–Kier alpha value is -0.530. The monoisotopic (exact) mass is 354 g/mol. The van der Waals surface area contributed by atoms with Crippen molar-refractivity contribution in [1.29, 1.82) is 0 Å². The van der Waals surface area contributed by atoms with E-state index in [0.717, 1.165) is 32.1 Å². The summed E-state index contributed by atoms with van der Waals surface area (Å²) in [5.41, 5.74) is -0.453. The van der Waals surface area contributed by atoms with Gasteiger partial charge in [-0.2, -0.15) is 0 Å². The van der Waals surface area contributed by atoms with E-state index in [0.29, 0.717) is 0 Å². The Balaban J connectivity index is 3.47. The third-order valence-corrected chi connectivity index (χ3v) is 5.87. The Labute approximate surface area is 158 Å². The van der Waals surface area contributed by atoms with E-state index in [2.05, 4.69) is 13.8 Å². The highest BCUT2D eigenvalue weighted by Gasteiger charge is 2.34. The first-order valence-electron chi connectivity index (χ1n) is 11.4. The molecule has 1 unspecified atom stereocenters. The molecule has 0 saturated carbocycles. The first-order chi connectivity index (χ1) is 12.1. The van der Waals surface area contributed by atoms with Crippen LogP contribution in [-0.4, -0.2) is 11.1 Å². The Kier molecular flexibility index (Phi) is 16.6. The van der Waals surface area contributed by atoms with Gasteiger partial charge in [0.15, 0.2) is 0 Å². The Morgan fingerprint density at radius 1 is 0.600 bits per heavy atom. The van der Waals surface area contributed by atoms with E-state index in [1.54, 1.807) is 0 Å². The Bertz CT molecular complexity index is 300. The summed E-state index contributed by atoms with van der Waals surface area (Å²) < 4.78 is 0. The molecule has 0 aliphatic rings. The van der Waals surface area contributed by atoms with Gasteiger partial charge in [-0.15, -0.1) is 0 Å². The molecule has 1 atom stereocenters. The SMILES string of the molecule is CCCCCCCCCCCCCCCCC(CC)(CCC)C(=O)O. The summed E-state index contributed by atoms with van der Waals surface area (Å²) in [6, 6.07) is 0. The van der Waals surface area contributed by atoms with E-state index in [1.807, 2.05) is 6.92 Å².